The summed E-state index contributed by atoms with van der Waals surface area (Å²) in [5, 5.41) is 7.13. The monoisotopic (exact) mass is 441 g/mol. The number of benzene rings is 1. The minimum absolute atomic E-state index is 0.122. The molecule has 0 spiro atoms. The Balaban J connectivity index is 1.16. The van der Waals surface area contributed by atoms with Crippen LogP contribution in [-0.2, 0) is 11.3 Å². The van der Waals surface area contributed by atoms with Crippen LogP contribution in [0.15, 0.2) is 30.5 Å². The van der Waals surface area contributed by atoms with E-state index in [2.05, 4.69) is 56.3 Å². The van der Waals surface area contributed by atoms with Crippen molar-refractivity contribution in [3.8, 4) is 0 Å². The first kappa shape index (κ1) is 23.1. The summed E-state index contributed by atoms with van der Waals surface area (Å²) in [6.45, 7) is 12.4. The number of carbonyl (C=O) groups excluding carboxylic acids is 1. The minimum Gasteiger partial charge on any atom is -0.379 e. The first-order valence-electron chi connectivity index (χ1n) is 12.3. The second kappa shape index (κ2) is 11.7. The third-order valence-electron chi connectivity index (χ3n) is 6.85. The number of aromatic nitrogens is 1. The van der Waals surface area contributed by atoms with E-state index in [0.29, 0.717) is 0 Å². The molecule has 7 nitrogen and oxygen atoms in total. The van der Waals surface area contributed by atoms with E-state index >= 15 is 0 Å². The number of morpholine rings is 1. The molecule has 2 aromatic rings. The minimum atomic E-state index is -0.122. The largest absolute Gasteiger partial charge is 0.379 e. The summed E-state index contributed by atoms with van der Waals surface area (Å²) < 4.78 is 7.72. The summed E-state index contributed by atoms with van der Waals surface area (Å²) in [5.74, 6) is 0.879. The average Bonchev–Trinajstić information content (AvgIpc) is 3.21. The lowest BCUT2D eigenvalue weighted by atomic mass is 9.99. The number of ether oxygens (including phenoxy) is 1. The van der Waals surface area contributed by atoms with Gasteiger partial charge in [0, 0.05) is 55.5 Å². The number of carbonyl (C=O) groups is 1. The second-order valence-electron chi connectivity index (χ2n) is 9.35. The van der Waals surface area contributed by atoms with E-state index in [1.165, 1.54) is 31.4 Å². The topological polar surface area (TPSA) is 61.8 Å². The average molecular weight is 442 g/mol. The van der Waals surface area contributed by atoms with Gasteiger partial charge in [-0.2, -0.15) is 0 Å². The smallest absolute Gasteiger partial charge is 0.319 e. The molecule has 1 aromatic carbocycles. The van der Waals surface area contributed by atoms with Gasteiger partial charge in [0.2, 0.25) is 0 Å². The summed E-state index contributed by atoms with van der Waals surface area (Å²) in [5.41, 5.74) is 2.04. The van der Waals surface area contributed by atoms with Gasteiger partial charge in [0.25, 0.3) is 0 Å². The number of anilines is 1. The molecule has 0 aliphatic carbocycles. The van der Waals surface area contributed by atoms with Crippen LogP contribution in [0.2, 0.25) is 0 Å². The molecule has 0 atom stereocenters. The maximum Gasteiger partial charge on any atom is 0.319 e. The number of rotatable bonds is 9. The van der Waals surface area contributed by atoms with Gasteiger partial charge in [0.1, 0.15) is 0 Å². The lowest BCUT2D eigenvalue weighted by Crippen LogP contribution is -2.38. The zero-order chi connectivity index (χ0) is 22.2. The van der Waals surface area contributed by atoms with Crippen molar-refractivity contribution >= 4 is 22.6 Å². The zero-order valence-electron chi connectivity index (χ0n) is 19.5. The molecule has 1 aromatic heterocycles. The van der Waals surface area contributed by atoms with Gasteiger partial charge in [-0.25, -0.2) is 4.79 Å². The summed E-state index contributed by atoms with van der Waals surface area (Å²) in [6.07, 6.45) is 6.94. The Morgan fingerprint density at radius 1 is 1.00 bits per heavy atom. The standard InChI is InChI=1S/C25H39N5O2/c1-21-6-11-28(12-7-21)10-3-2-9-26-25(31)27-23-4-5-24-22(20-23)8-13-30(24)15-14-29-16-18-32-19-17-29/h4-5,8,13,20-21H,2-3,6-7,9-12,14-19H2,1H3,(H2,26,27,31). The molecule has 0 radical (unpaired) electrons. The molecule has 7 heteroatoms. The number of amides is 2. The van der Waals surface area contributed by atoms with E-state index in [0.717, 1.165) is 82.3 Å². The summed E-state index contributed by atoms with van der Waals surface area (Å²) >= 11 is 0. The van der Waals surface area contributed by atoms with Crippen molar-refractivity contribution in [2.75, 3.05) is 64.3 Å². The SMILES string of the molecule is CC1CCN(CCCCNC(=O)Nc2ccc3c(ccn3CCN3CCOCC3)c2)CC1. The molecule has 2 aliphatic heterocycles. The Bertz CT molecular complexity index is 853. The van der Waals surface area contributed by atoms with Crippen LogP contribution in [0.5, 0.6) is 0 Å². The van der Waals surface area contributed by atoms with Crippen molar-refractivity contribution in [1.82, 2.24) is 19.7 Å². The van der Waals surface area contributed by atoms with E-state index in [9.17, 15) is 4.79 Å². The molecule has 2 aliphatic rings. The Labute approximate surface area is 192 Å². The van der Waals surface area contributed by atoms with Crippen LogP contribution in [0.4, 0.5) is 10.5 Å². The summed E-state index contributed by atoms with van der Waals surface area (Å²) in [7, 11) is 0. The Morgan fingerprint density at radius 3 is 2.59 bits per heavy atom. The molecular formula is C25H39N5O2. The van der Waals surface area contributed by atoms with Gasteiger partial charge in [0.05, 0.1) is 13.2 Å². The van der Waals surface area contributed by atoms with Gasteiger partial charge < -0.3 is 24.8 Å². The highest BCUT2D eigenvalue weighted by Gasteiger charge is 2.15. The number of likely N-dealkylation sites (tertiary alicyclic amines) is 1. The predicted molar refractivity (Wildman–Crippen MR) is 130 cm³/mol. The summed E-state index contributed by atoms with van der Waals surface area (Å²) in [4.78, 5) is 17.3. The number of fused-ring (bicyclic) bond motifs is 1. The fourth-order valence-corrected chi connectivity index (χ4v) is 4.67. The maximum absolute atomic E-state index is 12.3. The highest BCUT2D eigenvalue weighted by molar-refractivity contribution is 5.92. The normalized spacial score (nSPS) is 18.8. The number of piperidine rings is 1. The number of nitrogens with one attached hydrogen (secondary N) is 2. The van der Waals surface area contributed by atoms with Crippen molar-refractivity contribution in [1.29, 1.82) is 0 Å². The molecule has 4 rings (SSSR count). The fraction of sp³-hybridized carbons (Fsp3) is 0.640. The fourth-order valence-electron chi connectivity index (χ4n) is 4.67. The molecule has 0 bridgehead atoms. The van der Waals surface area contributed by atoms with E-state index in [1.807, 2.05) is 6.07 Å². The van der Waals surface area contributed by atoms with Crippen molar-refractivity contribution in [3.63, 3.8) is 0 Å². The van der Waals surface area contributed by atoms with Crippen LogP contribution in [0.1, 0.15) is 32.6 Å². The van der Waals surface area contributed by atoms with E-state index in [1.54, 1.807) is 0 Å². The van der Waals surface area contributed by atoms with Crippen LogP contribution in [-0.4, -0.2) is 79.4 Å². The number of urea groups is 1. The van der Waals surface area contributed by atoms with E-state index in [4.69, 9.17) is 4.74 Å². The molecule has 3 heterocycles. The third-order valence-corrected chi connectivity index (χ3v) is 6.85. The van der Waals surface area contributed by atoms with E-state index in [-0.39, 0.29) is 6.03 Å². The molecule has 2 N–H and O–H groups in total. The highest BCUT2D eigenvalue weighted by Crippen LogP contribution is 2.21. The Hall–Kier alpha value is -2.09. The third kappa shape index (κ3) is 6.70. The Kier molecular flexibility index (Phi) is 8.42. The first-order valence-corrected chi connectivity index (χ1v) is 12.3. The van der Waals surface area contributed by atoms with Crippen molar-refractivity contribution < 1.29 is 9.53 Å². The van der Waals surface area contributed by atoms with Gasteiger partial charge in [0.15, 0.2) is 0 Å². The van der Waals surface area contributed by atoms with Crippen LogP contribution < -0.4 is 10.6 Å². The van der Waals surface area contributed by atoms with Crippen molar-refractivity contribution in [2.24, 2.45) is 5.92 Å². The van der Waals surface area contributed by atoms with Gasteiger partial charge in [-0.05, 0) is 75.5 Å². The van der Waals surface area contributed by atoms with E-state index < -0.39 is 0 Å². The van der Waals surface area contributed by atoms with Crippen molar-refractivity contribution in [3.05, 3.63) is 30.5 Å². The van der Waals surface area contributed by atoms with Gasteiger partial charge in [-0.3, -0.25) is 4.90 Å². The van der Waals surface area contributed by atoms with Gasteiger partial charge in [-0.15, -0.1) is 0 Å². The first-order chi connectivity index (χ1) is 15.7. The number of hydrogen-bond acceptors (Lipinski definition) is 4. The number of hydrogen-bond donors (Lipinski definition) is 2. The number of nitrogens with zero attached hydrogens (tertiary/aromatic N) is 3. The van der Waals surface area contributed by atoms with Crippen LogP contribution >= 0.6 is 0 Å². The number of unbranched alkanes of at least 4 members (excludes halogenated alkanes) is 1. The van der Waals surface area contributed by atoms with Crippen LogP contribution in [0.25, 0.3) is 10.9 Å². The molecule has 176 valence electrons. The second-order valence-corrected chi connectivity index (χ2v) is 9.35. The molecule has 2 fully saturated rings. The van der Waals surface area contributed by atoms with Crippen molar-refractivity contribution in [2.45, 2.75) is 39.2 Å². The maximum atomic E-state index is 12.3. The summed E-state index contributed by atoms with van der Waals surface area (Å²) in [6, 6.07) is 8.15. The molecule has 32 heavy (non-hydrogen) atoms. The zero-order valence-corrected chi connectivity index (χ0v) is 19.5. The molecule has 2 saturated heterocycles. The van der Waals surface area contributed by atoms with Crippen LogP contribution in [0.3, 0.4) is 0 Å². The van der Waals surface area contributed by atoms with Gasteiger partial charge in [-0.1, -0.05) is 6.92 Å². The lowest BCUT2D eigenvalue weighted by Gasteiger charge is -2.30. The lowest BCUT2D eigenvalue weighted by molar-refractivity contribution is 0.0365. The highest BCUT2D eigenvalue weighted by atomic mass is 16.5. The van der Waals surface area contributed by atoms with Crippen LogP contribution in [0, 0.1) is 5.92 Å². The quantitative estimate of drug-likeness (QED) is 0.584. The Morgan fingerprint density at radius 2 is 1.78 bits per heavy atom. The molecule has 0 unspecified atom stereocenters. The molecule has 2 amide bonds. The predicted octanol–water partition coefficient (Wildman–Crippen LogP) is 3.61. The molecular weight excluding hydrogens is 402 g/mol. The van der Waals surface area contributed by atoms with Gasteiger partial charge >= 0.3 is 6.03 Å². The molecule has 0 saturated carbocycles.